The zero-order chi connectivity index (χ0) is 21.5. The number of hydrogen-bond donors (Lipinski definition) is 0. The van der Waals surface area contributed by atoms with Gasteiger partial charge in [0, 0.05) is 29.9 Å². The largest absolute Gasteiger partial charge is 0.469 e. The molecule has 164 valence electrons. The van der Waals surface area contributed by atoms with Crippen molar-refractivity contribution in [2.45, 2.75) is 58.8 Å². The van der Waals surface area contributed by atoms with Gasteiger partial charge in [-0.3, -0.25) is 9.59 Å². The van der Waals surface area contributed by atoms with Gasteiger partial charge < -0.3 is 14.0 Å². The van der Waals surface area contributed by atoms with Crippen LogP contribution in [0.25, 0.3) is 5.70 Å². The van der Waals surface area contributed by atoms with Crippen LogP contribution < -0.4 is 0 Å². The summed E-state index contributed by atoms with van der Waals surface area (Å²) in [5, 5.41) is 0. The molecule has 6 atom stereocenters. The van der Waals surface area contributed by atoms with Crippen LogP contribution >= 0.6 is 0 Å². The topological polar surface area (TPSA) is 70.4 Å². The number of aromatic nitrogens is 2. The highest BCUT2D eigenvalue weighted by Gasteiger charge is 2.58. The average Bonchev–Trinajstić information content (AvgIpc) is 3.36. The smallest absolute Gasteiger partial charge is 0.306 e. The fourth-order valence-electron chi connectivity index (χ4n) is 7.16. The van der Waals surface area contributed by atoms with E-state index in [1.807, 2.05) is 18.7 Å². The fraction of sp³-hybridized carbons (Fsp3) is 0.708. The zero-order valence-corrected chi connectivity index (χ0v) is 18.6. The van der Waals surface area contributed by atoms with Crippen LogP contribution in [0.4, 0.5) is 0 Å². The van der Waals surface area contributed by atoms with Gasteiger partial charge >= 0.3 is 11.9 Å². The van der Waals surface area contributed by atoms with E-state index in [0.717, 1.165) is 32.1 Å². The molecule has 0 spiro atoms. The molecule has 1 aromatic heterocycles. The van der Waals surface area contributed by atoms with Gasteiger partial charge in [0.2, 0.25) is 0 Å². The first kappa shape index (κ1) is 21.1. The minimum Gasteiger partial charge on any atom is -0.469 e. The molecule has 6 heteroatoms. The second-order valence-electron chi connectivity index (χ2n) is 9.94. The Hall–Kier alpha value is -2.11. The van der Waals surface area contributed by atoms with E-state index in [1.54, 1.807) is 0 Å². The summed E-state index contributed by atoms with van der Waals surface area (Å²) in [6.07, 6.45) is 14.2. The number of fused-ring (bicyclic) bond motifs is 3. The third kappa shape index (κ3) is 3.28. The van der Waals surface area contributed by atoms with Gasteiger partial charge in [-0.2, -0.15) is 0 Å². The SMILES string of the molecule is COC(=O)C[C@@H]1CC[C@@H]2[C@H](CC[C@]3(C)C(n4ccnc4)=CC[C@@H]23)[C@@]1(C)CC(=O)OC. The van der Waals surface area contributed by atoms with Crippen molar-refractivity contribution in [3.05, 3.63) is 24.8 Å². The molecule has 3 aliphatic carbocycles. The van der Waals surface area contributed by atoms with E-state index in [2.05, 4.69) is 29.5 Å². The highest BCUT2D eigenvalue weighted by Crippen LogP contribution is 2.65. The number of esters is 2. The van der Waals surface area contributed by atoms with Gasteiger partial charge in [0.1, 0.15) is 0 Å². The van der Waals surface area contributed by atoms with E-state index in [0.29, 0.717) is 30.6 Å². The van der Waals surface area contributed by atoms with Crippen molar-refractivity contribution in [2.75, 3.05) is 14.2 Å². The number of carbonyl (C=O) groups excluding carboxylic acids is 2. The van der Waals surface area contributed by atoms with Crippen molar-refractivity contribution < 1.29 is 19.1 Å². The van der Waals surface area contributed by atoms with E-state index in [4.69, 9.17) is 9.47 Å². The first-order valence-corrected chi connectivity index (χ1v) is 11.2. The minimum atomic E-state index is -0.247. The molecule has 0 bridgehead atoms. The molecular formula is C24H34N2O4. The highest BCUT2D eigenvalue weighted by atomic mass is 16.5. The maximum Gasteiger partial charge on any atom is 0.306 e. The van der Waals surface area contributed by atoms with Crippen molar-refractivity contribution in [2.24, 2.45) is 34.5 Å². The molecule has 30 heavy (non-hydrogen) atoms. The number of rotatable bonds is 5. The molecule has 0 aromatic carbocycles. The number of allylic oxidation sites excluding steroid dienone is 2. The maximum absolute atomic E-state index is 12.4. The minimum absolute atomic E-state index is 0.128. The Morgan fingerprint density at radius 3 is 2.57 bits per heavy atom. The molecular weight excluding hydrogens is 380 g/mol. The van der Waals surface area contributed by atoms with Crippen molar-refractivity contribution >= 4 is 17.6 Å². The highest BCUT2D eigenvalue weighted by molar-refractivity contribution is 5.72. The zero-order valence-electron chi connectivity index (χ0n) is 18.6. The van der Waals surface area contributed by atoms with Crippen LogP contribution in [0, 0.1) is 34.5 Å². The van der Waals surface area contributed by atoms with E-state index < -0.39 is 0 Å². The Morgan fingerprint density at radius 2 is 1.90 bits per heavy atom. The number of imidazole rings is 1. The maximum atomic E-state index is 12.4. The monoisotopic (exact) mass is 414 g/mol. The second kappa shape index (κ2) is 7.86. The van der Waals surface area contributed by atoms with Crippen molar-refractivity contribution in [3.8, 4) is 0 Å². The third-order valence-corrected chi connectivity index (χ3v) is 8.78. The summed E-state index contributed by atoms with van der Waals surface area (Å²) in [5.41, 5.74) is 1.25. The van der Waals surface area contributed by atoms with Crippen LogP contribution in [0.1, 0.15) is 58.8 Å². The van der Waals surface area contributed by atoms with Gasteiger partial charge in [-0.25, -0.2) is 4.98 Å². The Bertz CT molecular complexity index is 832. The average molecular weight is 415 g/mol. The summed E-state index contributed by atoms with van der Waals surface area (Å²) >= 11 is 0. The molecule has 0 N–H and O–H groups in total. The summed E-state index contributed by atoms with van der Waals surface area (Å²) in [6.45, 7) is 4.63. The Kier molecular flexibility index (Phi) is 5.54. The molecule has 0 amide bonds. The Morgan fingerprint density at radius 1 is 1.13 bits per heavy atom. The van der Waals surface area contributed by atoms with Crippen molar-refractivity contribution in [3.63, 3.8) is 0 Å². The van der Waals surface area contributed by atoms with Crippen LogP contribution in [0.5, 0.6) is 0 Å². The molecule has 0 radical (unpaired) electrons. The molecule has 1 heterocycles. The van der Waals surface area contributed by atoms with Crippen molar-refractivity contribution in [1.82, 2.24) is 9.55 Å². The standard InChI is InChI=1S/C24H34N2O4/c1-23-10-9-19-17(18(23)7-8-20(23)26-12-11-25-15-26)6-5-16(13-21(27)29-3)24(19,2)14-22(28)30-4/h8,11-12,15-19H,5-7,9-10,13-14H2,1-4H3/t16-,17-,18-,19-,23-,24-/m0/s1. The van der Waals surface area contributed by atoms with Crippen molar-refractivity contribution in [1.29, 1.82) is 0 Å². The second-order valence-corrected chi connectivity index (χ2v) is 9.94. The van der Waals surface area contributed by atoms with Gasteiger partial charge in [-0.15, -0.1) is 0 Å². The van der Waals surface area contributed by atoms with Crippen LogP contribution in [0.3, 0.4) is 0 Å². The van der Waals surface area contributed by atoms with E-state index in [9.17, 15) is 9.59 Å². The summed E-state index contributed by atoms with van der Waals surface area (Å²) in [7, 11) is 2.90. The van der Waals surface area contributed by atoms with Gasteiger partial charge in [0.05, 0.1) is 27.0 Å². The molecule has 1 aromatic rings. The van der Waals surface area contributed by atoms with Crippen LogP contribution in [-0.4, -0.2) is 35.7 Å². The lowest BCUT2D eigenvalue weighted by Gasteiger charge is -2.58. The predicted octanol–water partition coefficient (Wildman–Crippen LogP) is 4.32. The number of nitrogens with zero attached hydrogens (tertiary/aromatic N) is 2. The number of hydrogen-bond acceptors (Lipinski definition) is 5. The molecule has 4 rings (SSSR count). The summed E-state index contributed by atoms with van der Waals surface area (Å²) in [5.74, 6) is 1.31. The lowest BCUT2D eigenvalue weighted by Crippen LogP contribution is -2.52. The predicted molar refractivity (Wildman–Crippen MR) is 113 cm³/mol. The molecule has 0 aliphatic heterocycles. The Balaban J connectivity index is 1.63. The quantitative estimate of drug-likeness (QED) is 0.671. The first-order valence-electron chi connectivity index (χ1n) is 11.2. The first-order chi connectivity index (χ1) is 14.3. The number of ether oxygens (including phenoxy) is 2. The number of carbonyl (C=O) groups is 2. The lowest BCUT2D eigenvalue weighted by atomic mass is 9.46. The molecule has 2 saturated carbocycles. The van der Waals surface area contributed by atoms with Gasteiger partial charge in [0.15, 0.2) is 0 Å². The van der Waals surface area contributed by atoms with Crippen LogP contribution in [0.2, 0.25) is 0 Å². The molecule has 6 nitrogen and oxygen atoms in total. The molecule has 0 saturated heterocycles. The van der Waals surface area contributed by atoms with E-state index in [-0.39, 0.29) is 28.7 Å². The molecule has 2 fully saturated rings. The summed E-state index contributed by atoms with van der Waals surface area (Å²) in [4.78, 5) is 28.8. The summed E-state index contributed by atoms with van der Waals surface area (Å²) in [6, 6.07) is 0. The van der Waals surface area contributed by atoms with E-state index >= 15 is 0 Å². The third-order valence-electron chi connectivity index (χ3n) is 8.78. The van der Waals surface area contributed by atoms with Gasteiger partial charge in [-0.05, 0) is 61.2 Å². The van der Waals surface area contributed by atoms with E-state index in [1.165, 1.54) is 19.9 Å². The van der Waals surface area contributed by atoms with Gasteiger partial charge in [0.25, 0.3) is 0 Å². The fourth-order valence-corrected chi connectivity index (χ4v) is 7.16. The van der Waals surface area contributed by atoms with Crippen LogP contribution in [0.15, 0.2) is 24.8 Å². The summed E-state index contributed by atoms with van der Waals surface area (Å²) < 4.78 is 12.2. The Labute approximate surface area is 179 Å². The van der Waals surface area contributed by atoms with Crippen LogP contribution in [-0.2, 0) is 19.1 Å². The normalized spacial score (nSPS) is 37.7. The number of methoxy groups -OCH3 is 2. The lowest BCUT2D eigenvalue weighted by molar-refractivity contribution is -0.157. The van der Waals surface area contributed by atoms with Gasteiger partial charge in [-0.1, -0.05) is 19.9 Å². The molecule has 3 aliphatic rings. The molecule has 0 unspecified atom stereocenters.